The standard InChI is InChI=1S/C21H31N5O2/c1-16(2)13-17(27)25-11-5-20(6-12-25)14-26(19-22-8-4-9-23-19)15-21(20)7-10-24(3)18(21)28/h4,8-9,16H,5-7,10-15H2,1-3H3/t21-/m0/s1. The van der Waals surface area contributed by atoms with E-state index in [2.05, 4.69) is 28.7 Å². The first-order valence-corrected chi connectivity index (χ1v) is 10.4. The first-order chi connectivity index (χ1) is 13.4. The van der Waals surface area contributed by atoms with Crippen molar-refractivity contribution in [2.75, 3.05) is 44.7 Å². The topological polar surface area (TPSA) is 69.6 Å². The number of aromatic nitrogens is 2. The monoisotopic (exact) mass is 385 g/mol. The van der Waals surface area contributed by atoms with Crippen LogP contribution in [0.15, 0.2) is 18.5 Å². The molecule has 0 aliphatic carbocycles. The van der Waals surface area contributed by atoms with Crippen molar-refractivity contribution in [2.24, 2.45) is 16.7 Å². The van der Waals surface area contributed by atoms with Gasteiger partial charge in [-0.1, -0.05) is 13.8 Å². The van der Waals surface area contributed by atoms with Crippen LogP contribution >= 0.6 is 0 Å². The molecule has 3 fully saturated rings. The Bertz CT molecular complexity index is 744. The number of hydrogen-bond donors (Lipinski definition) is 0. The fourth-order valence-electron chi connectivity index (χ4n) is 5.53. The lowest BCUT2D eigenvalue weighted by Gasteiger charge is -2.46. The Kier molecular flexibility index (Phi) is 4.79. The minimum Gasteiger partial charge on any atom is -0.345 e. The van der Waals surface area contributed by atoms with E-state index in [1.165, 1.54) is 0 Å². The number of piperidine rings is 1. The van der Waals surface area contributed by atoms with Crippen LogP contribution in [0.1, 0.15) is 39.5 Å². The molecule has 0 radical (unpaired) electrons. The molecule has 4 rings (SSSR count). The Morgan fingerprint density at radius 3 is 2.36 bits per heavy atom. The first kappa shape index (κ1) is 19.2. The Morgan fingerprint density at radius 2 is 1.79 bits per heavy atom. The molecule has 1 atom stereocenters. The molecule has 0 saturated carbocycles. The predicted octanol–water partition coefficient (Wildman–Crippen LogP) is 1.80. The van der Waals surface area contributed by atoms with E-state index in [1.54, 1.807) is 12.4 Å². The first-order valence-electron chi connectivity index (χ1n) is 10.4. The van der Waals surface area contributed by atoms with Gasteiger partial charge in [-0.05, 0) is 31.2 Å². The number of hydrogen-bond acceptors (Lipinski definition) is 5. The van der Waals surface area contributed by atoms with Gasteiger partial charge < -0.3 is 14.7 Å². The molecule has 4 heterocycles. The Morgan fingerprint density at radius 1 is 1.11 bits per heavy atom. The highest BCUT2D eigenvalue weighted by Crippen LogP contribution is 2.58. The van der Waals surface area contributed by atoms with Crippen LogP contribution in [0.2, 0.25) is 0 Å². The minimum atomic E-state index is -0.381. The highest BCUT2D eigenvalue weighted by atomic mass is 16.2. The number of rotatable bonds is 3. The smallest absolute Gasteiger partial charge is 0.231 e. The molecule has 1 aromatic rings. The number of carbonyl (C=O) groups excluding carboxylic acids is 2. The second-order valence-corrected chi connectivity index (χ2v) is 9.22. The summed E-state index contributed by atoms with van der Waals surface area (Å²) in [4.78, 5) is 40.8. The quantitative estimate of drug-likeness (QED) is 0.794. The van der Waals surface area contributed by atoms with Gasteiger partial charge in [0.1, 0.15) is 0 Å². The second-order valence-electron chi connectivity index (χ2n) is 9.22. The molecule has 3 aliphatic heterocycles. The van der Waals surface area contributed by atoms with E-state index < -0.39 is 0 Å². The number of carbonyl (C=O) groups is 2. The molecule has 7 heteroatoms. The average molecular weight is 386 g/mol. The van der Waals surface area contributed by atoms with Crippen LogP contribution in [-0.2, 0) is 9.59 Å². The zero-order chi connectivity index (χ0) is 19.9. The summed E-state index contributed by atoms with van der Waals surface area (Å²) in [6.07, 6.45) is 6.75. The molecule has 3 aliphatic rings. The van der Waals surface area contributed by atoms with Crippen molar-refractivity contribution in [1.29, 1.82) is 0 Å². The highest BCUT2D eigenvalue weighted by Gasteiger charge is 2.65. The largest absolute Gasteiger partial charge is 0.345 e. The van der Waals surface area contributed by atoms with E-state index in [0.29, 0.717) is 24.8 Å². The van der Waals surface area contributed by atoms with Crippen LogP contribution < -0.4 is 4.90 Å². The van der Waals surface area contributed by atoms with Gasteiger partial charge in [0.2, 0.25) is 17.8 Å². The van der Waals surface area contributed by atoms with Gasteiger partial charge in [-0.2, -0.15) is 0 Å². The third-order valence-electron chi connectivity index (χ3n) is 7.09. The molecule has 0 bridgehead atoms. The van der Waals surface area contributed by atoms with E-state index in [9.17, 15) is 9.59 Å². The minimum absolute atomic E-state index is 0.108. The van der Waals surface area contributed by atoms with Crippen molar-refractivity contribution in [2.45, 2.75) is 39.5 Å². The van der Waals surface area contributed by atoms with Gasteiger partial charge in [0.05, 0.1) is 5.41 Å². The van der Waals surface area contributed by atoms with Gasteiger partial charge in [-0.25, -0.2) is 9.97 Å². The number of likely N-dealkylation sites (tertiary alicyclic amines) is 2. The number of anilines is 1. The summed E-state index contributed by atoms with van der Waals surface area (Å²) in [6.45, 7) is 7.94. The highest BCUT2D eigenvalue weighted by molar-refractivity contribution is 5.87. The van der Waals surface area contributed by atoms with Crippen molar-refractivity contribution in [3.63, 3.8) is 0 Å². The van der Waals surface area contributed by atoms with Crippen LogP contribution in [0.3, 0.4) is 0 Å². The van der Waals surface area contributed by atoms with Crippen LogP contribution in [0.25, 0.3) is 0 Å². The van der Waals surface area contributed by atoms with Gasteiger partial charge >= 0.3 is 0 Å². The van der Waals surface area contributed by atoms with E-state index in [-0.39, 0.29) is 22.6 Å². The fraction of sp³-hybridized carbons (Fsp3) is 0.714. The van der Waals surface area contributed by atoms with Crippen LogP contribution in [0, 0.1) is 16.7 Å². The molecule has 2 amide bonds. The summed E-state index contributed by atoms with van der Waals surface area (Å²) in [5, 5.41) is 0. The maximum atomic E-state index is 13.3. The molecular formula is C21H31N5O2. The van der Waals surface area contributed by atoms with E-state index in [0.717, 1.165) is 45.4 Å². The zero-order valence-electron chi connectivity index (χ0n) is 17.2. The average Bonchev–Trinajstić information content (AvgIpc) is 3.16. The SMILES string of the molecule is CC(C)CC(=O)N1CCC2(CC1)CN(c1ncccn1)C[C@]21CCN(C)C1=O. The van der Waals surface area contributed by atoms with Gasteiger partial charge in [0.15, 0.2) is 0 Å². The molecular weight excluding hydrogens is 354 g/mol. The summed E-state index contributed by atoms with van der Waals surface area (Å²) < 4.78 is 0. The molecule has 28 heavy (non-hydrogen) atoms. The Balaban J connectivity index is 1.59. The van der Waals surface area contributed by atoms with Crippen molar-refractivity contribution >= 4 is 17.8 Å². The molecule has 1 aromatic heterocycles. The predicted molar refractivity (Wildman–Crippen MR) is 107 cm³/mol. The lowest BCUT2D eigenvalue weighted by molar-refractivity contribution is -0.143. The van der Waals surface area contributed by atoms with Crippen molar-refractivity contribution in [3.8, 4) is 0 Å². The molecule has 2 spiro atoms. The third kappa shape index (κ3) is 2.95. The van der Waals surface area contributed by atoms with Crippen LogP contribution in [-0.4, -0.2) is 71.4 Å². The normalized spacial score (nSPS) is 26.9. The molecule has 3 saturated heterocycles. The lowest BCUT2D eigenvalue weighted by Crippen LogP contribution is -2.53. The van der Waals surface area contributed by atoms with Crippen molar-refractivity contribution < 1.29 is 9.59 Å². The summed E-state index contributed by atoms with van der Waals surface area (Å²) in [5.74, 6) is 1.58. The Labute approximate surface area is 167 Å². The van der Waals surface area contributed by atoms with Crippen molar-refractivity contribution in [1.82, 2.24) is 19.8 Å². The van der Waals surface area contributed by atoms with Gasteiger partial charge in [-0.15, -0.1) is 0 Å². The number of fused-ring (bicyclic) bond motifs is 1. The van der Waals surface area contributed by atoms with Crippen LogP contribution in [0.4, 0.5) is 5.95 Å². The second kappa shape index (κ2) is 7.01. The lowest BCUT2D eigenvalue weighted by atomic mass is 9.60. The van der Waals surface area contributed by atoms with Gasteiger partial charge in [0.25, 0.3) is 0 Å². The molecule has 0 aromatic carbocycles. The maximum absolute atomic E-state index is 13.3. The molecule has 152 valence electrons. The number of nitrogens with zero attached hydrogens (tertiary/aromatic N) is 5. The fourth-order valence-corrected chi connectivity index (χ4v) is 5.53. The number of amides is 2. The molecule has 0 N–H and O–H groups in total. The zero-order valence-corrected chi connectivity index (χ0v) is 17.2. The summed E-state index contributed by atoms with van der Waals surface area (Å²) >= 11 is 0. The molecule has 7 nitrogen and oxygen atoms in total. The molecule has 0 unspecified atom stereocenters. The summed E-state index contributed by atoms with van der Waals surface area (Å²) in [6, 6.07) is 1.82. The van der Waals surface area contributed by atoms with E-state index in [4.69, 9.17) is 0 Å². The van der Waals surface area contributed by atoms with Gasteiger partial charge in [0, 0.05) is 64.0 Å². The van der Waals surface area contributed by atoms with Gasteiger partial charge in [-0.3, -0.25) is 9.59 Å². The maximum Gasteiger partial charge on any atom is 0.231 e. The van der Waals surface area contributed by atoms with E-state index in [1.807, 2.05) is 22.9 Å². The van der Waals surface area contributed by atoms with Crippen molar-refractivity contribution in [3.05, 3.63) is 18.5 Å². The third-order valence-corrected chi connectivity index (χ3v) is 7.09. The Hall–Kier alpha value is -2.18. The summed E-state index contributed by atoms with van der Waals surface area (Å²) in [7, 11) is 1.91. The summed E-state index contributed by atoms with van der Waals surface area (Å²) in [5.41, 5.74) is -0.489. The van der Waals surface area contributed by atoms with Crippen LogP contribution in [0.5, 0.6) is 0 Å². The van der Waals surface area contributed by atoms with E-state index >= 15 is 0 Å².